The van der Waals surface area contributed by atoms with Crippen molar-refractivity contribution in [2.75, 3.05) is 18.5 Å². The van der Waals surface area contributed by atoms with E-state index in [-0.39, 0.29) is 11.8 Å². The Morgan fingerprint density at radius 3 is 2.26 bits per heavy atom. The Kier molecular flexibility index (Phi) is 4.09. The molecule has 1 aromatic carbocycles. The summed E-state index contributed by atoms with van der Waals surface area (Å²) in [5, 5.41) is 2.63. The van der Waals surface area contributed by atoms with Crippen LogP contribution in [0.15, 0.2) is 24.3 Å². The van der Waals surface area contributed by atoms with Gasteiger partial charge in [0.15, 0.2) is 0 Å². The van der Waals surface area contributed by atoms with E-state index in [1.807, 2.05) is 0 Å². The number of carbonyl (C=O) groups excluding carboxylic acids is 1. The summed E-state index contributed by atoms with van der Waals surface area (Å²) < 4.78 is 42.3. The van der Waals surface area contributed by atoms with Crippen LogP contribution in [0, 0.1) is 5.92 Å². The summed E-state index contributed by atoms with van der Waals surface area (Å²) in [7, 11) is 0. The van der Waals surface area contributed by atoms with Crippen LogP contribution in [0.4, 0.5) is 18.9 Å². The van der Waals surface area contributed by atoms with Gasteiger partial charge in [-0.1, -0.05) is 0 Å². The van der Waals surface area contributed by atoms with Crippen LogP contribution in [0.2, 0.25) is 0 Å². The van der Waals surface area contributed by atoms with E-state index in [2.05, 4.69) is 5.32 Å². The highest BCUT2D eigenvalue weighted by molar-refractivity contribution is 5.92. The maximum absolute atomic E-state index is 12.4. The van der Waals surface area contributed by atoms with Crippen molar-refractivity contribution in [1.29, 1.82) is 0 Å². The lowest BCUT2D eigenvalue weighted by Gasteiger charge is -2.21. The number of hydrogen-bond donors (Lipinski definition) is 1. The van der Waals surface area contributed by atoms with Gasteiger partial charge in [-0.25, -0.2) is 0 Å². The van der Waals surface area contributed by atoms with Crippen molar-refractivity contribution in [3.05, 3.63) is 29.8 Å². The van der Waals surface area contributed by atoms with E-state index in [1.165, 1.54) is 12.1 Å². The smallest absolute Gasteiger partial charge is 0.381 e. The zero-order valence-electron chi connectivity index (χ0n) is 10.2. The molecule has 1 heterocycles. The Morgan fingerprint density at radius 1 is 1.16 bits per heavy atom. The van der Waals surface area contributed by atoms with Crippen LogP contribution < -0.4 is 5.32 Å². The Morgan fingerprint density at radius 2 is 1.74 bits per heavy atom. The molecule has 0 saturated carbocycles. The molecule has 1 fully saturated rings. The minimum absolute atomic E-state index is 0.129. The van der Waals surface area contributed by atoms with Crippen molar-refractivity contribution in [2.45, 2.75) is 19.0 Å². The molecule has 6 heteroatoms. The van der Waals surface area contributed by atoms with Crippen LogP contribution in [0.25, 0.3) is 0 Å². The molecule has 1 aromatic rings. The number of hydrogen-bond acceptors (Lipinski definition) is 2. The molecule has 0 aromatic heterocycles. The van der Waals surface area contributed by atoms with Gasteiger partial charge < -0.3 is 10.1 Å². The second kappa shape index (κ2) is 5.61. The first-order chi connectivity index (χ1) is 8.97. The van der Waals surface area contributed by atoms with Gasteiger partial charge in [0, 0.05) is 24.8 Å². The van der Waals surface area contributed by atoms with Gasteiger partial charge in [-0.2, -0.15) is 13.2 Å². The van der Waals surface area contributed by atoms with Gasteiger partial charge in [0.05, 0.1) is 5.56 Å². The van der Waals surface area contributed by atoms with Gasteiger partial charge in [-0.15, -0.1) is 0 Å². The highest BCUT2D eigenvalue weighted by atomic mass is 19.4. The average Bonchev–Trinajstić information content (AvgIpc) is 2.39. The van der Waals surface area contributed by atoms with E-state index < -0.39 is 11.7 Å². The van der Waals surface area contributed by atoms with Crippen LogP contribution in [-0.4, -0.2) is 19.1 Å². The predicted molar refractivity (Wildman–Crippen MR) is 63.6 cm³/mol. The lowest BCUT2D eigenvalue weighted by atomic mass is 9.99. The molecule has 3 nitrogen and oxygen atoms in total. The SMILES string of the molecule is O=C(Nc1ccc(C(F)(F)F)cc1)C1CCOCC1. The Bertz CT molecular complexity index is 436. The summed E-state index contributed by atoms with van der Waals surface area (Å²) >= 11 is 0. The lowest BCUT2D eigenvalue weighted by Crippen LogP contribution is -2.28. The molecule has 0 spiro atoms. The van der Waals surface area contributed by atoms with Crippen molar-refractivity contribution in [2.24, 2.45) is 5.92 Å². The van der Waals surface area contributed by atoms with Crippen molar-refractivity contribution in [3.63, 3.8) is 0 Å². The van der Waals surface area contributed by atoms with Gasteiger partial charge >= 0.3 is 6.18 Å². The number of alkyl halides is 3. The minimum atomic E-state index is -4.36. The number of ether oxygens (including phenoxy) is 1. The zero-order valence-corrected chi connectivity index (χ0v) is 10.2. The molecule has 1 aliphatic heterocycles. The summed E-state index contributed by atoms with van der Waals surface area (Å²) in [6.07, 6.45) is -3.07. The second-order valence-electron chi connectivity index (χ2n) is 4.45. The maximum atomic E-state index is 12.4. The van der Waals surface area contributed by atoms with E-state index in [1.54, 1.807) is 0 Å². The third-order valence-electron chi connectivity index (χ3n) is 3.07. The Labute approximate surface area is 108 Å². The summed E-state index contributed by atoms with van der Waals surface area (Å²) in [5.41, 5.74) is -0.346. The number of benzene rings is 1. The molecule has 0 atom stereocenters. The summed E-state index contributed by atoms with van der Waals surface area (Å²) in [6, 6.07) is 4.44. The fourth-order valence-electron chi connectivity index (χ4n) is 1.95. The van der Waals surface area contributed by atoms with E-state index in [0.29, 0.717) is 31.7 Å². The molecule has 2 rings (SSSR count). The lowest BCUT2D eigenvalue weighted by molar-refractivity contribution is -0.137. The number of halogens is 3. The van der Waals surface area contributed by atoms with Gasteiger partial charge in [0.2, 0.25) is 5.91 Å². The first-order valence-electron chi connectivity index (χ1n) is 6.02. The first kappa shape index (κ1) is 13.9. The maximum Gasteiger partial charge on any atom is 0.416 e. The molecule has 0 unspecified atom stereocenters. The van der Waals surface area contributed by atoms with Crippen molar-refractivity contribution in [1.82, 2.24) is 0 Å². The number of nitrogens with one attached hydrogen (secondary N) is 1. The average molecular weight is 273 g/mol. The number of rotatable bonds is 2. The second-order valence-corrected chi connectivity index (χ2v) is 4.45. The van der Waals surface area contributed by atoms with E-state index in [9.17, 15) is 18.0 Å². The fourth-order valence-corrected chi connectivity index (χ4v) is 1.95. The van der Waals surface area contributed by atoms with Crippen LogP contribution in [0.3, 0.4) is 0 Å². The Hall–Kier alpha value is -1.56. The van der Waals surface area contributed by atoms with Crippen LogP contribution >= 0.6 is 0 Å². The fraction of sp³-hybridized carbons (Fsp3) is 0.462. The highest BCUT2D eigenvalue weighted by Gasteiger charge is 2.30. The van der Waals surface area contributed by atoms with E-state index >= 15 is 0 Å². The molecule has 1 amide bonds. The molecule has 1 aliphatic rings. The van der Waals surface area contributed by atoms with Gasteiger partial charge in [-0.05, 0) is 37.1 Å². The largest absolute Gasteiger partial charge is 0.416 e. The molecular weight excluding hydrogens is 259 g/mol. The van der Waals surface area contributed by atoms with E-state index in [0.717, 1.165) is 12.1 Å². The quantitative estimate of drug-likeness (QED) is 0.899. The monoisotopic (exact) mass is 273 g/mol. The third-order valence-corrected chi connectivity index (χ3v) is 3.07. The molecule has 1 N–H and O–H groups in total. The number of amides is 1. The topological polar surface area (TPSA) is 38.3 Å². The highest BCUT2D eigenvalue weighted by Crippen LogP contribution is 2.30. The van der Waals surface area contributed by atoms with Crippen LogP contribution in [0.5, 0.6) is 0 Å². The summed E-state index contributed by atoms with van der Waals surface area (Å²) in [5.74, 6) is -0.292. The Balaban J connectivity index is 1.97. The number of carbonyl (C=O) groups is 1. The minimum Gasteiger partial charge on any atom is -0.381 e. The van der Waals surface area contributed by atoms with Crippen molar-refractivity contribution < 1.29 is 22.7 Å². The molecule has 0 bridgehead atoms. The first-order valence-corrected chi connectivity index (χ1v) is 6.02. The molecule has 0 radical (unpaired) electrons. The molecule has 0 aliphatic carbocycles. The van der Waals surface area contributed by atoms with Crippen LogP contribution in [-0.2, 0) is 15.7 Å². The zero-order chi connectivity index (χ0) is 13.9. The molecule has 104 valence electrons. The van der Waals surface area contributed by atoms with Crippen molar-refractivity contribution >= 4 is 11.6 Å². The molecule has 1 saturated heterocycles. The third kappa shape index (κ3) is 3.70. The summed E-state index contributed by atoms with van der Waals surface area (Å²) in [6.45, 7) is 1.09. The van der Waals surface area contributed by atoms with Gasteiger partial charge in [0.25, 0.3) is 0 Å². The molecule has 19 heavy (non-hydrogen) atoms. The van der Waals surface area contributed by atoms with E-state index in [4.69, 9.17) is 4.74 Å². The van der Waals surface area contributed by atoms with Gasteiger partial charge in [-0.3, -0.25) is 4.79 Å². The predicted octanol–water partition coefficient (Wildman–Crippen LogP) is 3.07. The van der Waals surface area contributed by atoms with Crippen molar-refractivity contribution in [3.8, 4) is 0 Å². The number of anilines is 1. The van der Waals surface area contributed by atoms with Crippen LogP contribution in [0.1, 0.15) is 18.4 Å². The standard InChI is InChI=1S/C13H14F3NO2/c14-13(15,16)10-1-3-11(4-2-10)17-12(18)9-5-7-19-8-6-9/h1-4,9H,5-8H2,(H,17,18). The summed E-state index contributed by atoms with van der Waals surface area (Å²) in [4.78, 5) is 11.9. The van der Waals surface area contributed by atoms with Gasteiger partial charge in [0.1, 0.15) is 0 Å². The molecular formula is C13H14F3NO2. The normalized spacial score (nSPS) is 17.2.